The molecule has 5 atom stereocenters. The Hall–Kier alpha value is 0.792. The van der Waals surface area contributed by atoms with Crippen LogP contribution in [0.3, 0.4) is 0 Å². The van der Waals surface area contributed by atoms with Crippen molar-refractivity contribution >= 4 is 5.97 Å². The minimum Gasteiger partial charge on any atom is -0.672 e. The number of carbonyl (C=O) groups excluding carboxylic acids is 1. The molecule has 6 heteroatoms. The molecule has 0 aromatic heterocycles. The second-order valence-electron chi connectivity index (χ2n) is 5.79. The summed E-state index contributed by atoms with van der Waals surface area (Å²) in [5, 5.41) is 20.2. The molecule has 0 saturated heterocycles. The van der Waals surface area contributed by atoms with Gasteiger partial charge in [0.1, 0.15) is 0 Å². The molecule has 0 aromatic rings. The molecule has 1 fully saturated rings. The van der Waals surface area contributed by atoms with Crippen molar-refractivity contribution in [3.8, 4) is 0 Å². The first-order valence-corrected chi connectivity index (χ1v) is 6.43. The first-order chi connectivity index (χ1) is 8.23. The molecule has 0 aromatic carbocycles. The molecule has 3 N–H and O–H groups in total. The number of nitrogens with one attached hydrogen (secondary N) is 1. The van der Waals surface area contributed by atoms with E-state index in [1.54, 1.807) is 0 Å². The van der Waals surface area contributed by atoms with Gasteiger partial charge in [-0.3, -0.25) is 0 Å². The number of methoxy groups -OCH3 is 1. The molecular weight excluding hydrogens is 461 g/mol. The van der Waals surface area contributed by atoms with Crippen molar-refractivity contribution in [2.24, 2.45) is 17.8 Å². The third-order valence-electron chi connectivity index (χ3n) is 4.29. The standard InChI is InChI=1S/C13H24NO4.Ac/c1-7(2)8(3)9-5-13(17,12(16)18-4)6-10(15)11(9)14;/h7-11,14-15,17H,5-6H2,1-4H3;/q-1;. The molecule has 1 aliphatic rings. The zero-order valence-electron chi connectivity index (χ0n) is 12.1. The maximum atomic E-state index is 11.6. The van der Waals surface area contributed by atoms with Crippen LogP contribution < -0.4 is 0 Å². The second-order valence-corrected chi connectivity index (χ2v) is 5.79. The van der Waals surface area contributed by atoms with E-state index < -0.39 is 23.7 Å². The fourth-order valence-corrected chi connectivity index (χ4v) is 2.72. The van der Waals surface area contributed by atoms with Gasteiger partial charge in [-0.2, -0.15) is 0 Å². The Kier molecular flexibility index (Phi) is 8.02. The van der Waals surface area contributed by atoms with Crippen LogP contribution in [0.5, 0.6) is 0 Å². The average molecular weight is 485 g/mol. The summed E-state index contributed by atoms with van der Waals surface area (Å²) < 4.78 is 4.60. The number of rotatable bonds is 3. The van der Waals surface area contributed by atoms with Gasteiger partial charge >= 0.3 is 5.97 Å². The van der Waals surface area contributed by atoms with Gasteiger partial charge in [0.15, 0.2) is 5.60 Å². The van der Waals surface area contributed by atoms with Gasteiger partial charge in [0.2, 0.25) is 0 Å². The van der Waals surface area contributed by atoms with Crippen LogP contribution in [0, 0.1) is 61.8 Å². The van der Waals surface area contributed by atoms with Crippen LogP contribution >= 0.6 is 0 Å². The molecule has 5 nitrogen and oxygen atoms in total. The van der Waals surface area contributed by atoms with E-state index in [4.69, 9.17) is 5.73 Å². The molecule has 1 aliphatic carbocycles. The average Bonchev–Trinajstić information content (AvgIpc) is 2.31. The maximum Gasteiger partial charge on any atom is 0.337 e. The monoisotopic (exact) mass is 485 g/mol. The van der Waals surface area contributed by atoms with E-state index in [1.165, 1.54) is 7.11 Å². The number of aliphatic hydroxyl groups excluding tert-OH is 1. The molecule has 109 valence electrons. The summed E-state index contributed by atoms with van der Waals surface area (Å²) in [7, 11) is 1.22. The fourth-order valence-electron chi connectivity index (χ4n) is 2.72. The summed E-state index contributed by atoms with van der Waals surface area (Å²) in [4.78, 5) is 11.6. The SMILES string of the molecule is COC(=O)C1(O)CC(O)C([NH-])C(C(C)C(C)C)C1.[Ac]. The molecule has 0 heterocycles. The minimum absolute atomic E-state index is 0. The van der Waals surface area contributed by atoms with E-state index in [9.17, 15) is 15.0 Å². The molecule has 0 aliphatic heterocycles. The zero-order valence-corrected chi connectivity index (χ0v) is 16.8. The number of carbonyl (C=O) groups is 1. The smallest absolute Gasteiger partial charge is 0.337 e. The van der Waals surface area contributed by atoms with E-state index in [0.29, 0.717) is 5.92 Å². The van der Waals surface area contributed by atoms with E-state index in [2.05, 4.69) is 4.74 Å². The van der Waals surface area contributed by atoms with Crippen molar-refractivity contribution in [1.29, 1.82) is 0 Å². The molecule has 1 saturated carbocycles. The Morgan fingerprint density at radius 2 is 1.89 bits per heavy atom. The molecule has 5 unspecified atom stereocenters. The van der Waals surface area contributed by atoms with Crippen LogP contribution in [0.4, 0.5) is 0 Å². The topological polar surface area (TPSA) is 90.6 Å². The van der Waals surface area contributed by atoms with Crippen molar-refractivity contribution in [1.82, 2.24) is 0 Å². The summed E-state index contributed by atoms with van der Waals surface area (Å²) in [5.74, 6) is -0.444. The summed E-state index contributed by atoms with van der Waals surface area (Å²) in [6, 6.07) is -0.660. The van der Waals surface area contributed by atoms with Gasteiger partial charge in [-0.1, -0.05) is 20.8 Å². The number of esters is 1. The summed E-state index contributed by atoms with van der Waals surface area (Å²) in [5.41, 5.74) is 6.37. The van der Waals surface area contributed by atoms with Crippen molar-refractivity contribution in [3.05, 3.63) is 5.73 Å². The number of ether oxygens (including phenoxy) is 1. The Morgan fingerprint density at radius 3 is 2.32 bits per heavy atom. The first-order valence-electron chi connectivity index (χ1n) is 6.43. The van der Waals surface area contributed by atoms with Gasteiger partial charge in [-0.25, -0.2) is 4.79 Å². The van der Waals surface area contributed by atoms with Crippen LogP contribution in [-0.4, -0.2) is 41.0 Å². The van der Waals surface area contributed by atoms with Gasteiger partial charge in [0.05, 0.1) is 7.11 Å². The largest absolute Gasteiger partial charge is 0.672 e. The normalized spacial score (nSPS) is 36.5. The van der Waals surface area contributed by atoms with Gasteiger partial charge in [-0.05, 0) is 24.2 Å². The molecule has 19 heavy (non-hydrogen) atoms. The zero-order chi connectivity index (χ0) is 14.1. The third-order valence-corrected chi connectivity index (χ3v) is 4.29. The van der Waals surface area contributed by atoms with Crippen molar-refractivity contribution in [3.63, 3.8) is 0 Å². The number of hydrogen-bond donors (Lipinski definition) is 2. The predicted octanol–water partition coefficient (Wildman–Crippen LogP) is 1.37. The van der Waals surface area contributed by atoms with Gasteiger partial charge in [-0.15, -0.1) is 6.04 Å². The maximum absolute atomic E-state index is 11.6. The quantitative estimate of drug-likeness (QED) is 0.592. The third kappa shape index (κ3) is 4.38. The van der Waals surface area contributed by atoms with E-state index >= 15 is 0 Å². The predicted molar refractivity (Wildman–Crippen MR) is 67.8 cm³/mol. The fraction of sp³-hybridized carbons (Fsp3) is 0.923. The Balaban J connectivity index is 0.00000324. The molecule has 0 amide bonds. The Morgan fingerprint density at radius 1 is 1.37 bits per heavy atom. The van der Waals surface area contributed by atoms with Crippen molar-refractivity contribution in [2.45, 2.75) is 51.4 Å². The first kappa shape index (κ1) is 19.8. The molecule has 0 spiro atoms. The van der Waals surface area contributed by atoms with Gasteiger partial charge in [0, 0.05) is 56.6 Å². The summed E-state index contributed by atoms with van der Waals surface area (Å²) >= 11 is 0. The Bertz CT molecular complexity index is 309. The summed E-state index contributed by atoms with van der Waals surface area (Å²) in [6.45, 7) is 6.07. The van der Waals surface area contributed by atoms with Crippen LogP contribution in [0.2, 0.25) is 0 Å². The van der Waals surface area contributed by atoms with E-state index in [0.717, 1.165) is 0 Å². The molecule has 1 radical (unpaired) electrons. The van der Waals surface area contributed by atoms with Gasteiger partial charge in [0.25, 0.3) is 0 Å². The van der Waals surface area contributed by atoms with E-state index in [1.807, 2.05) is 20.8 Å². The number of hydrogen-bond acceptors (Lipinski definition) is 4. The van der Waals surface area contributed by atoms with Crippen molar-refractivity contribution < 1.29 is 63.8 Å². The van der Waals surface area contributed by atoms with Crippen LogP contribution in [-0.2, 0) is 9.53 Å². The molecule has 0 bridgehead atoms. The van der Waals surface area contributed by atoms with E-state index in [-0.39, 0.29) is 68.7 Å². The second kappa shape index (κ2) is 7.70. The van der Waals surface area contributed by atoms with Gasteiger partial charge < -0.3 is 20.7 Å². The molecular formula is C13H24AcNO4-. The van der Waals surface area contributed by atoms with Crippen molar-refractivity contribution in [2.75, 3.05) is 7.11 Å². The molecule has 1 rings (SSSR count). The summed E-state index contributed by atoms with van der Waals surface area (Å²) in [6.07, 6.45) is -0.923. The van der Waals surface area contributed by atoms with Crippen LogP contribution in [0.25, 0.3) is 5.73 Å². The minimum atomic E-state index is -1.65. The Labute approximate surface area is 150 Å². The van der Waals surface area contributed by atoms with Crippen LogP contribution in [0.15, 0.2) is 0 Å². The number of aliphatic hydroxyl groups is 2. The van der Waals surface area contributed by atoms with Crippen LogP contribution in [0.1, 0.15) is 33.6 Å².